The van der Waals surface area contributed by atoms with E-state index in [0.717, 1.165) is 3.57 Å². The van der Waals surface area contributed by atoms with Crippen LogP contribution in [-0.2, 0) is 0 Å². The van der Waals surface area contributed by atoms with Crippen molar-refractivity contribution in [2.75, 3.05) is 0 Å². The normalized spacial score (nSPS) is 11.4. The third-order valence-corrected chi connectivity index (χ3v) is 5.05. The van der Waals surface area contributed by atoms with Crippen LogP contribution in [0.5, 0.6) is 0 Å². The molecule has 29 heavy (non-hydrogen) atoms. The van der Waals surface area contributed by atoms with Gasteiger partial charge in [0.05, 0.1) is 22.7 Å². The predicted octanol–water partition coefficient (Wildman–Crippen LogP) is 5.32. The summed E-state index contributed by atoms with van der Waals surface area (Å²) in [7, 11) is 0. The summed E-state index contributed by atoms with van der Waals surface area (Å²) >= 11 is 8.12. The van der Waals surface area contributed by atoms with Gasteiger partial charge in [-0.1, -0.05) is 11.6 Å². The Kier molecular flexibility index (Phi) is 5.20. The van der Waals surface area contributed by atoms with Crippen LogP contribution in [0.25, 0.3) is 28.7 Å². The van der Waals surface area contributed by atoms with E-state index in [1.807, 2.05) is 6.07 Å². The average Bonchev–Trinajstić information content (AvgIpc) is 3.17. The highest BCUT2D eigenvalue weighted by molar-refractivity contribution is 14.1. The molecule has 0 aliphatic rings. The summed E-state index contributed by atoms with van der Waals surface area (Å²) in [6.07, 6.45) is 3.11. The van der Waals surface area contributed by atoms with Gasteiger partial charge in [0.2, 0.25) is 0 Å². The number of rotatable bonds is 4. The van der Waals surface area contributed by atoms with Crippen molar-refractivity contribution in [2.45, 2.75) is 0 Å². The molecule has 0 aliphatic carbocycles. The van der Waals surface area contributed by atoms with E-state index in [4.69, 9.17) is 16.0 Å². The minimum Gasteiger partial charge on any atom is -0.401 e. The van der Waals surface area contributed by atoms with Crippen LogP contribution in [0.4, 0.5) is 5.88 Å². The highest BCUT2D eigenvalue weighted by atomic mass is 127. The maximum absolute atomic E-state index is 13.2. The van der Waals surface area contributed by atoms with Crippen LogP contribution in [0.15, 0.2) is 63.8 Å². The van der Waals surface area contributed by atoms with Crippen LogP contribution >= 0.6 is 34.2 Å². The van der Waals surface area contributed by atoms with Crippen LogP contribution in [0, 0.1) is 13.7 Å². The molecule has 4 rings (SSSR count). The quantitative estimate of drug-likeness (QED) is 0.207. The number of hydrogen-bond donors (Lipinski definition) is 0. The molecular weight excluding hydrogens is 509 g/mol. The molecule has 0 spiro atoms. The Morgan fingerprint density at radius 2 is 1.86 bits per heavy atom. The number of fused-ring (bicyclic) bond motifs is 1. The van der Waals surface area contributed by atoms with E-state index in [-0.39, 0.29) is 17.2 Å². The highest BCUT2D eigenvalue weighted by Crippen LogP contribution is 2.21. The molecule has 2 heterocycles. The lowest BCUT2D eigenvalue weighted by atomic mass is 10.2. The van der Waals surface area contributed by atoms with E-state index in [1.54, 1.807) is 42.5 Å². The van der Waals surface area contributed by atoms with Crippen molar-refractivity contribution in [2.24, 2.45) is 0 Å². The Balaban J connectivity index is 1.91. The zero-order chi connectivity index (χ0) is 20.5. The first-order chi connectivity index (χ1) is 13.9. The van der Waals surface area contributed by atoms with Gasteiger partial charge in [-0.25, -0.2) is 4.98 Å². The fraction of sp³-hybridized carbons (Fsp3) is 0. The first-order valence-electron chi connectivity index (χ1n) is 8.33. The molecule has 9 heteroatoms. The monoisotopic (exact) mass is 519 g/mol. The van der Waals surface area contributed by atoms with Gasteiger partial charge in [0, 0.05) is 8.59 Å². The number of nitro groups is 1. The van der Waals surface area contributed by atoms with Crippen LogP contribution in [0.3, 0.4) is 0 Å². The summed E-state index contributed by atoms with van der Waals surface area (Å²) in [4.78, 5) is 28.0. The van der Waals surface area contributed by atoms with Crippen molar-refractivity contribution in [1.82, 2.24) is 9.55 Å². The summed E-state index contributed by atoms with van der Waals surface area (Å²) in [6.45, 7) is 0. The van der Waals surface area contributed by atoms with Crippen LogP contribution in [-0.4, -0.2) is 14.5 Å². The van der Waals surface area contributed by atoms with Gasteiger partial charge in [0.1, 0.15) is 16.5 Å². The van der Waals surface area contributed by atoms with E-state index in [9.17, 15) is 14.9 Å². The third kappa shape index (κ3) is 3.94. The standard InChI is InChI=1S/C20H11ClIN3O4/c21-12-1-4-14(5-2-12)24-18(9-6-15-7-10-19(29-15)25(27)28)23-17-8-3-13(22)11-16(17)20(24)26/h1-11H/b9-6-. The van der Waals surface area contributed by atoms with Gasteiger partial charge in [-0.15, -0.1) is 0 Å². The van der Waals surface area contributed by atoms with E-state index in [2.05, 4.69) is 27.6 Å². The second-order valence-electron chi connectivity index (χ2n) is 6.01. The summed E-state index contributed by atoms with van der Waals surface area (Å²) in [5, 5.41) is 11.8. The fourth-order valence-electron chi connectivity index (χ4n) is 2.81. The summed E-state index contributed by atoms with van der Waals surface area (Å²) in [5.74, 6) is 0.266. The van der Waals surface area contributed by atoms with Crippen molar-refractivity contribution < 1.29 is 9.34 Å². The first kappa shape index (κ1) is 19.3. The predicted molar refractivity (Wildman–Crippen MR) is 119 cm³/mol. The minimum absolute atomic E-state index is 0.235. The fourth-order valence-corrected chi connectivity index (χ4v) is 3.43. The topological polar surface area (TPSA) is 91.2 Å². The van der Waals surface area contributed by atoms with Crippen molar-refractivity contribution in [1.29, 1.82) is 0 Å². The molecule has 2 aromatic carbocycles. The molecule has 0 fully saturated rings. The van der Waals surface area contributed by atoms with Crippen LogP contribution < -0.4 is 5.56 Å². The molecule has 0 unspecified atom stereocenters. The molecule has 0 aliphatic heterocycles. The smallest absolute Gasteiger partial charge is 0.401 e. The Hall–Kier alpha value is -2.98. The summed E-state index contributed by atoms with van der Waals surface area (Å²) < 4.78 is 7.52. The van der Waals surface area contributed by atoms with Gasteiger partial charge in [0.25, 0.3) is 5.56 Å². The van der Waals surface area contributed by atoms with E-state index in [0.29, 0.717) is 27.4 Å². The Morgan fingerprint density at radius 1 is 1.10 bits per heavy atom. The molecule has 0 saturated heterocycles. The number of nitrogens with zero attached hydrogens (tertiary/aromatic N) is 3. The zero-order valence-electron chi connectivity index (χ0n) is 14.6. The molecule has 2 aromatic heterocycles. The van der Waals surface area contributed by atoms with E-state index < -0.39 is 4.92 Å². The highest BCUT2D eigenvalue weighted by Gasteiger charge is 2.13. The average molecular weight is 520 g/mol. The molecule has 0 radical (unpaired) electrons. The SMILES string of the molecule is O=c1c2cc(I)ccc2nc(/C=C\c2ccc([N+](=O)[O-])o2)n1-c1ccc(Cl)cc1. The van der Waals surface area contributed by atoms with Gasteiger partial charge in [-0.2, -0.15) is 0 Å². The molecule has 0 amide bonds. The molecule has 0 saturated carbocycles. The lowest BCUT2D eigenvalue weighted by molar-refractivity contribution is -0.402. The van der Waals surface area contributed by atoms with Crippen molar-refractivity contribution in [3.05, 3.63) is 95.2 Å². The molecular formula is C20H11ClIN3O4. The largest absolute Gasteiger partial charge is 0.433 e. The molecule has 144 valence electrons. The van der Waals surface area contributed by atoms with Crippen LogP contribution in [0.2, 0.25) is 5.02 Å². The number of aromatic nitrogens is 2. The van der Waals surface area contributed by atoms with E-state index in [1.165, 1.54) is 22.8 Å². The number of furan rings is 1. The van der Waals surface area contributed by atoms with Crippen molar-refractivity contribution >= 4 is 63.1 Å². The third-order valence-electron chi connectivity index (χ3n) is 4.13. The second-order valence-corrected chi connectivity index (χ2v) is 7.70. The lowest BCUT2D eigenvalue weighted by Gasteiger charge is -2.11. The van der Waals surface area contributed by atoms with Gasteiger partial charge in [0.15, 0.2) is 0 Å². The lowest BCUT2D eigenvalue weighted by Crippen LogP contribution is -2.22. The summed E-state index contributed by atoms with van der Waals surface area (Å²) in [6, 6.07) is 15.0. The molecule has 0 atom stereocenters. The van der Waals surface area contributed by atoms with Gasteiger partial charge >= 0.3 is 5.88 Å². The molecule has 4 aromatic rings. The molecule has 0 N–H and O–H groups in total. The first-order valence-corrected chi connectivity index (χ1v) is 9.78. The Bertz CT molecular complexity index is 1330. The Labute approximate surface area is 182 Å². The van der Waals surface area contributed by atoms with Gasteiger partial charge in [-0.05, 0) is 83.3 Å². The minimum atomic E-state index is -0.614. The Morgan fingerprint density at radius 3 is 2.55 bits per heavy atom. The number of benzene rings is 2. The summed E-state index contributed by atoms with van der Waals surface area (Å²) in [5.41, 5.74) is 0.907. The van der Waals surface area contributed by atoms with Crippen molar-refractivity contribution in [3.8, 4) is 5.69 Å². The number of halogens is 2. The number of hydrogen-bond acceptors (Lipinski definition) is 5. The second kappa shape index (κ2) is 7.80. The van der Waals surface area contributed by atoms with Crippen molar-refractivity contribution in [3.63, 3.8) is 0 Å². The van der Waals surface area contributed by atoms with Crippen LogP contribution in [0.1, 0.15) is 11.6 Å². The van der Waals surface area contributed by atoms with E-state index >= 15 is 0 Å². The molecule has 7 nitrogen and oxygen atoms in total. The van der Waals surface area contributed by atoms with Gasteiger partial charge in [-0.3, -0.25) is 19.5 Å². The van der Waals surface area contributed by atoms with Gasteiger partial charge < -0.3 is 4.42 Å². The maximum Gasteiger partial charge on any atom is 0.433 e. The maximum atomic E-state index is 13.2. The molecule has 0 bridgehead atoms. The zero-order valence-corrected chi connectivity index (χ0v) is 17.5.